The topological polar surface area (TPSA) is 110 Å². The highest BCUT2D eigenvalue weighted by atomic mass is 16.4. The Labute approximate surface area is 119 Å². The fourth-order valence-corrected chi connectivity index (χ4v) is 2.71. The molecule has 0 saturated heterocycles. The molecule has 6 nitrogen and oxygen atoms in total. The van der Waals surface area contributed by atoms with Crippen LogP contribution in [0, 0.1) is 13.8 Å². The first-order chi connectivity index (χ1) is 9.93. The van der Waals surface area contributed by atoms with E-state index in [2.05, 4.69) is 0 Å². The molecule has 0 radical (unpaired) electrons. The summed E-state index contributed by atoms with van der Waals surface area (Å²) in [6.07, 6.45) is 0. The van der Waals surface area contributed by atoms with Crippen LogP contribution in [0.25, 0.3) is 21.9 Å². The number of hydrogen-bond acceptors (Lipinski definition) is 5. The minimum Gasteiger partial charge on any atom is -0.504 e. The number of nitrogens with two attached hydrogens (primary N) is 1. The zero-order chi connectivity index (χ0) is 15.3. The monoisotopic (exact) mass is 289 g/mol. The molecule has 0 aliphatic heterocycles. The highest BCUT2D eigenvalue weighted by Crippen LogP contribution is 2.43. The number of furan rings is 2. The largest absolute Gasteiger partial charge is 0.504 e. The molecule has 3 rings (SSSR count). The van der Waals surface area contributed by atoms with Crippen LogP contribution in [-0.2, 0) is 4.79 Å². The Morgan fingerprint density at radius 3 is 2.33 bits per heavy atom. The van der Waals surface area contributed by atoms with Gasteiger partial charge in [0.05, 0.1) is 11.3 Å². The lowest BCUT2D eigenvalue weighted by Gasteiger charge is -2.12. The molecule has 1 atom stereocenters. The van der Waals surface area contributed by atoms with Crippen molar-refractivity contribution in [2.75, 3.05) is 6.54 Å². The van der Waals surface area contributed by atoms with E-state index in [-0.39, 0.29) is 17.9 Å². The van der Waals surface area contributed by atoms with Crippen LogP contribution >= 0.6 is 0 Å². The molecule has 0 bridgehead atoms. The Hall–Kier alpha value is -2.47. The highest BCUT2D eigenvalue weighted by Gasteiger charge is 2.29. The van der Waals surface area contributed by atoms with E-state index in [0.717, 1.165) is 0 Å². The molecule has 110 valence electrons. The van der Waals surface area contributed by atoms with E-state index in [1.54, 1.807) is 26.0 Å². The van der Waals surface area contributed by atoms with Crippen molar-refractivity contribution in [1.82, 2.24) is 0 Å². The van der Waals surface area contributed by atoms with Crippen LogP contribution in [0.5, 0.6) is 5.75 Å². The first-order valence-electron chi connectivity index (χ1n) is 6.52. The fourth-order valence-electron chi connectivity index (χ4n) is 2.71. The number of phenols is 1. The fraction of sp³-hybridized carbons (Fsp3) is 0.267. The summed E-state index contributed by atoms with van der Waals surface area (Å²) in [7, 11) is 0. The van der Waals surface area contributed by atoms with Crippen molar-refractivity contribution in [3.63, 3.8) is 0 Å². The van der Waals surface area contributed by atoms with E-state index in [9.17, 15) is 15.0 Å². The van der Waals surface area contributed by atoms with Crippen molar-refractivity contribution >= 4 is 27.9 Å². The summed E-state index contributed by atoms with van der Waals surface area (Å²) in [5.74, 6) is -0.870. The molecule has 3 aromatic rings. The smallest absolute Gasteiger partial charge is 0.312 e. The second-order valence-electron chi connectivity index (χ2n) is 5.09. The minimum absolute atomic E-state index is 0.0464. The number of aliphatic carboxylic acids is 1. The van der Waals surface area contributed by atoms with Gasteiger partial charge in [0.25, 0.3) is 0 Å². The molecule has 0 aliphatic carbocycles. The number of carboxylic acid groups (broad SMARTS) is 1. The Balaban J connectivity index is 2.52. The number of aromatic hydroxyl groups is 1. The normalized spacial score (nSPS) is 13.1. The van der Waals surface area contributed by atoms with Gasteiger partial charge in [-0.2, -0.15) is 0 Å². The van der Waals surface area contributed by atoms with E-state index in [1.165, 1.54) is 0 Å². The number of fused-ring (bicyclic) bond motifs is 2. The minimum atomic E-state index is -1.04. The third-order valence-electron chi connectivity index (χ3n) is 3.60. The number of aryl methyl sites for hydroxylation is 2. The van der Waals surface area contributed by atoms with Crippen molar-refractivity contribution in [2.24, 2.45) is 5.73 Å². The van der Waals surface area contributed by atoms with Crippen LogP contribution in [-0.4, -0.2) is 22.7 Å². The summed E-state index contributed by atoms with van der Waals surface area (Å²) in [5.41, 5.74) is 6.67. The van der Waals surface area contributed by atoms with Crippen molar-refractivity contribution in [3.8, 4) is 5.75 Å². The number of carboxylic acids is 1. The molecule has 4 N–H and O–H groups in total. The van der Waals surface area contributed by atoms with Crippen LogP contribution in [0.2, 0.25) is 0 Å². The Bertz CT molecular complexity index is 800. The summed E-state index contributed by atoms with van der Waals surface area (Å²) in [4.78, 5) is 11.5. The van der Waals surface area contributed by atoms with Gasteiger partial charge in [-0.15, -0.1) is 0 Å². The maximum absolute atomic E-state index is 11.5. The Morgan fingerprint density at radius 2 is 1.76 bits per heavy atom. The van der Waals surface area contributed by atoms with Crippen molar-refractivity contribution < 1.29 is 23.8 Å². The summed E-state index contributed by atoms with van der Waals surface area (Å²) < 4.78 is 11.1. The van der Waals surface area contributed by atoms with E-state index in [1.807, 2.05) is 0 Å². The van der Waals surface area contributed by atoms with Gasteiger partial charge in [0, 0.05) is 17.5 Å². The summed E-state index contributed by atoms with van der Waals surface area (Å²) in [6.45, 7) is 3.39. The number of benzene rings is 1. The number of carbonyl (C=O) groups is 1. The summed E-state index contributed by atoms with van der Waals surface area (Å²) >= 11 is 0. The van der Waals surface area contributed by atoms with Gasteiger partial charge in [-0.3, -0.25) is 4.79 Å². The average molecular weight is 289 g/mol. The SMILES string of the molecule is Cc1cc2c(C(CN)C(=O)O)c3oc(C)cc3c(O)c2o1. The van der Waals surface area contributed by atoms with Crippen molar-refractivity contribution in [3.05, 3.63) is 29.2 Å². The van der Waals surface area contributed by atoms with E-state index in [4.69, 9.17) is 14.6 Å². The third-order valence-corrected chi connectivity index (χ3v) is 3.60. The van der Waals surface area contributed by atoms with Gasteiger partial charge in [0.1, 0.15) is 17.1 Å². The van der Waals surface area contributed by atoms with E-state index >= 15 is 0 Å². The number of hydrogen-bond donors (Lipinski definition) is 3. The van der Waals surface area contributed by atoms with Crippen molar-refractivity contribution in [1.29, 1.82) is 0 Å². The maximum Gasteiger partial charge on any atom is 0.312 e. The van der Waals surface area contributed by atoms with Crippen molar-refractivity contribution in [2.45, 2.75) is 19.8 Å². The molecular weight excluding hydrogens is 274 g/mol. The maximum atomic E-state index is 11.5. The van der Waals surface area contributed by atoms with Crippen LogP contribution in [0.15, 0.2) is 21.0 Å². The summed E-state index contributed by atoms with van der Waals surface area (Å²) in [6, 6.07) is 3.34. The molecule has 0 saturated carbocycles. The predicted octanol–water partition coefficient (Wildman–Crippen LogP) is 2.63. The van der Waals surface area contributed by atoms with E-state index in [0.29, 0.717) is 33.4 Å². The first-order valence-corrected chi connectivity index (χ1v) is 6.52. The van der Waals surface area contributed by atoms with Crippen LogP contribution in [0.3, 0.4) is 0 Å². The lowest BCUT2D eigenvalue weighted by molar-refractivity contribution is -0.138. The molecule has 0 aliphatic rings. The van der Waals surface area contributed by atoms with Gasteiger partial charge in [-0.25, -0.2) is 0 Å². The molecule has 0 spiro atoms. The Kier molecular flexibility index (Phi) is 2.91. The third kappa shape index (κ3) is 1.87. The zero-order valence-electron chi connectivity index (χ0n) is 11.6. The van der Waals surface area contributed by atoms with Gasteiger partial charge >= 0.3 is 5.97 Å². The number of rotatable bonds is 3. The molecule has 21 heavy (non-hydrogen) atoms. The molecule has 2 heterocycles. The van der Waals surface area contributed by atoms with Gasteiger partial charge in [0.2, 0.25) is 0 Å². The first kappa shape index (κ1) is 13.5. The molecule has 2 aromatic heterocycles. The lowest BCUT2D eigenvalue weighted by atomic mass is 9.93. The summed E-state index contributed by atoms with van der Waals surface area (Å²) in [5, 5.41) is 20.7. The second-order valence-corrected chi connectivity index (χ2v) is 5.09. The standard InChI is InChI=1S/C15H15NO5/c1-6-3-8-11(10(5-16)15(18)19)13-9(4-7(2)20-13)12(17)14(8)21-6/h3-4,10,17H,5,16H2,1-2H3,(H,18,19). The van der Waals surface area contributed by atoms with Crippen LogP contribution in [0.1, 0.15) is 23.0 Å². The van der Waals surface area contributed by atoms with Gasteiger partial charge < -0.3 is 24.8 Å². The lowest BCUT2D eigenvalue weighted by Crippen LogP contribution is -2.21. The van der Waals surface area contributed by atoms with E-state index < -0.39 is 11.9 Å². The quantitative estimate of drug-likeness (QED) is 0.683. The number of phenolic OH excluding ortho intramolecular Hbond substituents is 1. The average Bonchev–Trinajstić information content (AvgIpc) is 2.97. The Morgan fingerprint density at radius 1 is 1.19 bits per heavy atom. The molecule has 0 fully saturated rings. The zero-order valence-corrected chi connectivity index (χ0v) is 11.6. The predicted molar refractivity (Wildman–Crippen MR) is 76.6 cm³/mol. The molecule has 1 unspecified atom stereocenters. The molecule has 0 amide bonds. The van der Waals surface area contributed by atoms with Gasteiger partial charge in [-0.05, 0) is 26.0 Å². The molecular formula is C15H15NO5. The second kappa shape index (κ2) is 4.53. The van der Waals surface area contributed by atoms with Gasteiger partial charge in [-0.1, -0.05) is 0 Å². The van der Waals surface area contributed by atoms with Crippen LogP contribution in [0.4, 0.5) is 0 Å². The van der Waals surface area contributed by atoms with Gasteiger partial charge in [0.15, 0.2) is 11.3 Å². The van der Waals surface area contributed by atoms with Crippen LogP contribution < -0.4 is 5.73 Å². The molecule has 6 heteroatoms. The highest BCUT2D eigenvalue weighted by molar-refractivity contribution is 6.07. The molecule has 1 aromatic carbocycles.